The fourth-order valence-corrected chi connectivity index (χ4v) is 3.61. The first-order valence-electron chi connectivity index (χ1n) is 7.56. The minimum Gasteiger partial charge on any atom is -0.385 e. The summed E-state index contributed by atoms with van der Waals surface area (Å²) in [5.41, 5.74) is 2.91. The topological polar surface area (TPSA) is 54.8 Å². The number of nitrogens with zero attached hydrogens (tertiary/aromatic N) is 3. The van der Waals surface area contributed by atoms with Gasteiger partial charge in [0.25, 0.3) is 0 Å². The minimum atomic E-state index is 0.822. The van der Waals surface area contributed by atoms with Gasteiger partial charge in [0.2, 0.25) is 0 Å². The smallest absolute Gasteiger partial charge is 0.187 e. The lowest BCUT2D eigenvalue weighted by atomic mass is 10.1. The summed E-state index contributed by atoms with van der Waals surface area (Å²) in [5.74, 6) is 0. The van der Waals surface area contributed by atoms with Crippen LogP contribution in [-0.4, -0.2) is 21.1 Å². The average molecular weight is 358 g/mol. The molecule has 3 aromatic rings. The zero-order chi connectivity index (χ0) is 16.9. The summed E-state index contributed by atoms with van der Waals surface area (Å²) in [6.45, 7) is 7.12. The first-order valence-corrected chi connectivity index (χ1v) is 9.26. The van der Waals surface area contributed by atoms with Crippen molar-refractivity contribution in [2.24, 2.45) is 7.05 Å². The highest BCUT2D eigenvalue weighted by atomic mass is 32.2. The Morgan fingerprint density at radius 1 is 1.33 bits per heavy atom. The number of anilines is 2. The lowest BCUT2D eigenvalue weighted by molar-refractivity contribution is 0.790. The number of aryl methyl sites for hydroxylation is 1. The van der Waals surface area contributed by atoms with Gasteiger partial charge in [-0.15, -0.1) is 11.3 Å². The molecule has 0 saturated heterocycles. The van der Waals surface area contributed by atoms with Crippen LogP contribution in [0.25, 0.3) is 5.70 Å². The third-order valence-electron chi connectivity index (χ3n) is 3.36. The molecule has 24 heavy (non-hydrogen) atoms. The maximum Gasteiger partial charge on any atom is 0.187 e. The summed E-state index contributed by atoms with van der Waals surface area (Å²) >= 11 is 3.18. The molecule has 2 N–H and O–H groups in total. The largest absolute Gasteiger partial charge is 0.385 e. The van der Waals surface area contributed by atoms with Crippen molar-refractivity contribution in [1.29, 1.82) is 0 Å². The fraction of sp³-hybridized carbons (Fsp3) is 0.176. The Morgan fingerprint density at radius 3 is 2.88 bits per heavy atom. The number of nitrogens with one attached hydrogen (secondary N) is 2. The zero-order valence-corrected chi connectivity index (χ0v) is 15.2. The summed E-state index contributed by atoms with van der Waals surface area (Å²) in [7, 11) is 1.99. The number of rotatable bonds is 7. The van der Waals surface area contributed by atoms with Gasteiger partial charge in [-0.2, -0.15) is 0 Å². The molecule has 2 aromatic heterocycles. The van der Waals surface area contributed by atoms with Gasteiger partial charge in [0.1, 0.15) is 0 Å². The maximum absolute atomic E-state index is 4.37. The average Bonchev–Trinajstić information content (AvgIpc) is 3.21. The quantitative estimate of drug-likeness (QED) is 0.650. The SMILES string of the molecule is C=C(Nc1nccs1)c1cc(Sc2nccn2C)ccc1NCC. The first-order chi connectivity index (χ1) is 11.7. The summed E-state index contributed by atoms with van der Waals surface area (Å²) in [4.78, 5) is 9.74. The van der Waals surface area contributed by atoms with E-state index in [9.17, 15) is 0 Å². The monoisotopic (exact) mass is 357 g/mol. The Kier molecular flexibility index (Phi) is 5.22. The zero-order valence-electron chi connectivity index (χ0n) is 13.6. The predicted molar refractivity (Wildman–Crippen MR) is 103 cm³/mol. The van der Waals surface area contributed by atoms with E-state index in [1.807, 2.05) is 23.2 Å². The number of hydrogen-bond acceptors (Lipinski definition) is 6. The molecule has 0 atom stereocenters. The van der Waals surface area contributed by atoms with Gasteiger partial charge in [-0.25, -0.2) is 9.97 Å². The predicted octanol–water partition coefficient (Wildman–Crippen LogP) is 4.54. The molecule has 1 aromatic carbocycles. The second-order valence-electron chi connectivity index (χ2n) is 5.10. The van der Waals surface area contributed by atoms with Gasteiger partial charge in [0, 0.05) is 59.4 Å². The van der Waals surface area contributed by atoms with Crippen LogP contribution in [0.15, 0.2) is 58.8 Å². The molecule has 3 rings (SSSR count). The Bertz CT molecular complexity index is 823. The molecule has 2 heterocycles. The van der Waals surface area contributed by atoms with Crippen molar-refractivity contribution in [3.05, 3.63) is 54.3 Å². The third-order valence-corrected chi connectivity index (χ3v) is 5.11. The van der Waals surface area contributed by atoms with Crippen molar-refractivity contribution in [2.45, 2.75) is 17.0 Å². The summed E-state index contributed by atoms with van der Waals surface area (Å²) in [5, 5.41) is 10.4. The normalized spacial score (nSPS) is 10.6. The fourth-order valence-electron chi connectivity index (χ4n) is 2.22. The van der Waals surface area contributed by atoms with Crippen LogP contribution in [0.4, 0.5) is 10.8 Å². The van der Waals surface area contributed by atoms with Crippen molar-refractivity contribution < 1.29 is 0 Å². The molecule has 0 aliphatic carbocycles. The van der Waals surface area contributed by atoms with Gasteiger partial charge in [-0.05, 0) is 25.1 Å². The van der Waals surface area contributed by atoms with Crippen LogP contribution in [0.3, 0.4) is 0 Å². The van der Waals surface area contributed by atoms with E-state index in [1.54, 1.807) is 35.5 Å². The Morgan fingerprint density at radius 2 is 2.21 bits per heavy atom. The standard InChI is InChI=1S/C17H19N5S2/c1-4-18-15-6-5-13(24-17-20-7-9-22(17)3)11-14(15)12(2)21-16-19-8-10-23-16/h5-11,18H,2,4H2,1,3H3,(H,19,21). The molecular weight excluding hydrogens is 338 g/mol. The van der Waals surface area contributed by atoms with Gasteiger partial charge in [0.05, 0.1) is 0 Å². The number of aromatic nitrogens is 3. The van der Waals surface area contributed by atoms with Crippen molar-refractivity contribution in [2.75, 3.05) is 17.2 Å². The molecule has 0 spiro atoms. The second kappa shape index (κ2) is 7.55. The molecule has 0 aliphatic heterocycles. The van der Waals surface area contributed by atoms with Gasteiger partial charge in [0.15, 0.2) is 10.3 Å². The van der Waals surface area contributed by atoms with Crippen molar-refractivity contribution in [3.63, 3.8) is 0 Å². The number of imidazole rings is 1. The third kappa shape index (κ3) is 3.80. The van der Waals surface area contributed by atoms with E-state index >= 15 is 0 Å². The molecule has 0 bridgehead atoms. The van der Waals surface area contributed by atoms with E-state index in [0.717, 1.165) is 38.7 Å². The van der Waals surface area contributed by atoms with Gasteiger partial charge < -0.3 is 15.2 Å². The number of hydrogen-bond donors (Lipinski definition) is 2. The van der Waals surface area contributed by atoms with Crippen LogP contribution in [0.1, 0.15) is 12.5 Å². The lowest BCUT2D eigenvalue weighted by Gasteiger charge is -2.15. The molecule has 0 amide bonds. The van der Waals surface area contributed by atoms with Crippen LogP contribution in [0, 0.1) is 0 Å². The van der Waals surface area contributed by atoms with E-state index in [1.165, 1.54) is 0 Å². The second-order valence-corrected chi connectivity index (χ2v) is 7.04. The van der Waals surface area contributed by atoms with Crippen LogP contribution in [-0.2, 0) is 7.05 Å². The van der Waals surface area contributed by atoms with E-state index in [2.05, 4.69) is 52.3 Å². The molecule has 7 heteroatoms. The lowest BCUT2D eigenvalue weighted by Crippen LogP contribution is -2.04. The van der Waals surface area contributed by atoms with Gasteiger partial charge in [-0.1, -0.05) is 18.3 Å². The van der Waals surface area contributed by atoms with Gasteiger partial charge in [-0.3, -0.25) is 0 Å². The number of thiazole rings is 1. The van der Waals surface area contributed by atoms with Crippen molar-refractivity contribution in [3.8, 4) is 0 Å². The van der Waals surface area contributed by atoms with Crippen LogP contribution >= 0.6 is 23.1 Å². The molecule has 0 aliphatic rings. The molecule has 0 fully saturated rings. The molecular formula is C17H19N5S2. The van der Waals surface area contributed by atoms with Crippen molar-refractivity contribution in [1.82, 2.24) is 14.5 Å². The summed E-state index contributed by atoms with van der Waals surface area (Å²) in [6.07, 6.45) is 5.53. The highest BCUT2D eigenvalue weighted by Crippen LogP contribution is 2.32. The van der Waals surface area contributed by atoms with E-state index in [4.69, 9.17) is 0 Å². The van der Waals surface area contributed by atoms with Gasteiger partial charge >= 0.3 is 0 Å². The highest BCUT2D eigenvalue weighted by molar-refractivity contribution is 7.99. The van der Waals surface area contributed by atoms with Crippen LogP contribution in [0.2, 0.25) is 0 Å². The molecule has 0 saturated carbocycles. The van der Waals surface area contributed by atoms with Crippen molar-refractivity contribution >= 4 is 39.6 Å². The maximum atomic E-state index is 4.37. The number of benzene rings is 1. The summed E-state index contributed by atoms with van der Waals surface area (Å²) < 4.78 is 2.01. The van der Waals surface area contributed by atoms with Crippen LogP contribution < -0.4 is 10.6 Å². The molecule has 0 unspecified atom stereocenters. The molecule has 124 valence electrons. The molecule has 5 nitrogen and oxygen atoms in total. The molecule has 0 radical (unpaired) electrons. The Labute approximate surface area is 149 Å². The minimum absolute atomic E-state index is 0.822. The Hall–Kier alpha value is -2.25. The van der Waals surface area contributed by atoms with E-state index in [0.29, 0.717) is 0 Å². The first kappa shape index (κ1) is 16.6. The Balaban J connectivity index is 1.87. The van der Waals surface area contributed by atoms with E-state index < -0.39 is 0 Å². The van der Waals surface area contributed by atoms with E-state index in [-0.39, 0.29) is 0 Å². The highest BCUT2D eigenvalue weighted by Gasteiger charge is 2.10. The van der Waals surface area contributed by atoms with Crippen LogP contribution in [0.5, 0.6) is 0 Å². The summed E-state index contributed by atoms with van der Waals surface area (Å²) in [6, 6.07) is 6.30.